The molecule has 0 N–H and O–H groups in total. The van der Waals surface area contributed by atoms with Crippen LogP contribution in [-0.4, -0.2) is 11.3 Å². The quantitative estimate of drug-likeness (QED) is 0.127. The molecule has 4 nitrogen and oxygen atoms in total. The Morgan fingerprint density at radius 2 is 0.835 bits per heavy atom. The summed E-state index contributed by atoms with van der Waals surface area (Å²) in [7, 11) is 0. The first-order valence-corrected chi connectivity index (χ1v) is 31.5. The molecular weight excluding hydrogens is 1100 g/mol. The third-order valence-electron chi connectivity index (χ3n) is 18.5. The van der Waals surface area contributed by atoms with Gasteiger partial charge in [0.1, 0.15) is 0 Å². The van der Waals surface area contributed by atoms with E-state index in [-0.39, 0.29) is 47.3 Å². The average molecular weight is 1170 g/mol. The molecule has 0 amide bonds. The molecule has 0 saturated heterocycles. The molecule has 0 fully saturated rings. The van der Waals surface area contributed by atoms with Crippen LogP contribution in [0.15, 0.2) is 309 Å². The molecule has 2 aliphatic heterocycles. The third kappa shape index (κ3) is 9.71. The highest BCUT2D eigenvalue weighted by molar-refractivity contribution is 7.00. The highest BCUT2D eigenvalue weighted by Gasteiger charge is 2.45. The van der Waals surface area contributed by atoms with E-state index in [1.165, 1.54) is 16.3 Å². The van der Waals surface area contributed by atoms with Crippen LogP contribution in [0.4, 0.5) is 51.2 Å². The van der Waals surface area contributed by atoms with Crippen molar-refractivity contribution in [1.29, 1.82) is 0 Å². The number of para-hydroxylation sites is 3. The molecule has 0 aliphatic carbocycles. The molecule has 0 atom stereocenters. The lowest BCUT2D eigenvalue weighted by Gasteiger charge is -2.46. The Labute approximate surface area is 542 Å². The lowest BCUT2D eigenvalue weighted by Crippen LogP contribution is -2.61. The maximum atomic E-state index is 9.41. The molecule has 3 heterocycles. The maximum absolute atomic E-state index is 9.41. The van der Waals surface area contributed by atoms with Gasteiger partial charge in [0.15, 0.2) is 0 Å². The Kier molecular flexibility index (Phi) is 12.1. The number of hydrogen-bond acceptors (Lipinski definition) is 3. The highest BCUT2D eigenvalue weighted by atomic mass is 15.2. The van der Waals surface area contributed by atoms with Gasteiger partial charge < -0.3 is 19.3 Å². The zero-order valence-electron chi connectivity index (χ0n) is 56.9. The van der Waals surface area contributed by atoms with Crippen molar-refractivity contribution in [3.05, 3.63) is 320 Å². The minimum atomic E-state index is -0.427. The Hall–Kier alpha value is -10.9. The summed E-state index contributed by atoms with van der Waals surface area (Å²) in [6.07, 6.45) is 0. The Morgan fingerprint density at radius 3 is 1.43 bits per heavy atom. The molecule has 436 valence electrons. The van der Waals surface area contributed by atoms with Crippen molar-refractivity contribution in [1.82, 2.24) is 4.57 Å². The van der Waals surface area contributed by atoms with Gasteiger partial charge in [0, 0.05) is 67.5 Å². The summed E-state index contributed by atoms with van der Waals surface area (Å²) in [5.74, 6) is 0. The molecular formula is C86H69BN4. The van der Waals surface area contributed by atoms with Crippen LogP contribution in [-0.2, 0) is 10.8 Å². The fourth-order valence-corrected chi connectivity index (χ4v) is 14.0. The van der Waals surface area contributed by atoms with E-state index in [0.717, 1.165) is 123 Å². The predicted molar refractivity (Wildman–Crippen MR) is 389 cm³/mol. The van der Waals surface area contributed by atoms with Crippen molar-refractivity contribution in [3.63, 3.8) is 0 Å². The van der Waals surface area contributed by atoms with Crippen molar-refractivity contribution in [3.8, 4) is 50.2 Å². The molecule has 16 rings (SSSR count). The average Bonchev–Trinajstić information content (AvgIpc) is 0.825. The molecule has 2 aliphatic rings. The number of rotatable bonds is 10. The number of aromatic nitrogens is 1. The molecule has 1 aromatic heterocycles. The van der Waals surface area contributed by atoms with E-state index >= 15 is 0 Å². The first-order valence-electron chi connectivity index (χ1n) is 34.0. The summed E-state index contributed by atoms with van der Waals surface area (Å²) in [6, 6.07) is 99.0. The topological polar surface area (TPSA) is 14.7 Å². The van der Waals surface area contributed by atoms with Crippen LogP contribution in [0.5, 0.6) is 0 Å². The summed E-state index contributed by atoms with van der Waals surface area (Å²) < 4.78 is 47.7. The second kappa shape index (κ2) is 22.0. The number of hydrogen-bond donors (Lipinski definition) is 0. The second-order valence-electron chi connectivity index (χ2n) is 26.2. The van der Waals surface area contributed by atoms with Crippen molar-refractivity contribution in [2.75, 3.05) is 14.7 Å². The summed E-state index contributed by atoms with van der Waals surface area (Å²) in [4.78, 5) is 7.32. The first-order chi connectivity index (χ1) is 46.5. The van der Waals surface area contributed by atoms with Crippen molar-refractivity contribution in [2.24, 2.45) is 0 Å². The summed E-state index contributed by atoms with van der Waals surface area (Å²) in [5.41, 5.74) is 24.3. The van der Waals surface area contributed by atoms with E-state index in [4.69, 9.17) is 4.11 Å². The molecule has 14 aromatic rings. The summed E-state index contributed by atoms with van der Waals surface area (Å²) in [6.45, 7) is 13.4. The Morgan fingerprint density at radius 1 is 0.330 bits per heavy atom. The fraction of sp³-hybridized carbons (Fsp3) is 0.0930. The van der Waals surface area contributed by atoms with Crippen LogP contribution in [0.25, 0.3) is 72.0 Å². The van der Waals surface area contributed by atoms with E-state index in [2.05, 4.69) is 322 Å². The van der Waals surface area contributed by atoms with Gasteiger partial charge in [0.05, 0.1) is 23.6 Å². The number of anilines is 9. The van der Waals surface area contributed by atoms with Crippen LogP contribution in [0.1, 0.15) is 59.5 Å². The first kappa shape index (κ1) is 50.0. The van der Waals surface area contributed by atoms with Crippen LogP contribution >= 0.6 is 0 Å². The summed E-state index contributed by atoms with van der Waals surface area (Å²) in [5, 5.41) is 2.43. The number of benzene rings is 13. The van der Waals surface area contributed by atoms with E-state index in [1.54, 1.807) is 0 Å². The lowest BCUT2D eigenvalue weighted by atomic mass is 9.33. The summed E-state index contributed by atoms with van der Waals surface area (Å²) >= 11 is 0. The van der Waals surface area contributed by atoms with Gasteiger partial charge in [0.25, 0.3) is 6.71 Å². The van der Waals surface area contributed by atoms with E-state index < -0.39 is 6.04 Å². The zero-order valence-corrected chi connectivity index (χ0v) is 51.9. The minimum Gasteiger partial charge on any atom is -0.311 e. The normalized spacial score (nSPS) is 13.4. The van der Waals surface area contributed by atoms with Gasteiger partial charge in [-0.05, 0) is 186 Å². The van der Waals surface area contributed by atoms with Crippen LogP contribution < -0.4 is 31.1 Å². The highest BCUT2D eigenvalue weighted by Crippen LogP contribution is 2.51. The van der Waals surface area contributed by atoms with Crippen LogP contribution in [0.2, 0.25) is 0 Å². The predicted octanol–water partition coefficient (Wildman–Crippen LogP) is 21.6. The molecule has 0 spiro atoms. The number of nitrogens with zero attached hydrogens (tertiary/aromatic N) is 4. The Bertz CT molecular complexity index is 5250. The standard InChI is InChI=1S/C86H69BN4/c1-85(2,3)65-41-49-79(74(54-65)61-32-18-10-19-33-61)91-81-57-70(88(67-34-20-11-21-35-67)68-42-44-69(45-43-68)89-77-38-24-22-36-72(77)73-37-23-25-39-78(73)89)46-48-76(81)87-75-47-40-62(58-26-12-7-13-27-58)53-80(75)90(82-55-66(86(4,5)6)56-83(91)84(82)87)71-51-63(59-28-14-8-15-29-59)50-64(52-71)60-30-16-9-17-31-60/h7-57H,1-6H3/i7D,12D,13D,26D,27D. The van der Waals surface area contributed by atoms with Gasteiger partial charge in [0.2, 0.25) is 0 Å². The SMILES string of the molecule is [2H]c1c([2H])c([2H])c(-c2ccc3c(c2)N(c2cc(-c4ccccc4)cc(-c4ccccc4)c2)c2cc(C(C)(C)C)cc4c2B3c2ccc(N(c3ccccc3)c3ccc(-n5c6ccccc6c6ccccc65)cc3)cc2N4c2ccc(C(C)(C)C)cc2-c2ccccc2)c([2H])c1[2H]. The van der Waals surface area contributed by atoms with E-state index in [1.807, 2.05) is 18.2 Å². The largest absolute Gasteiger partial charge is 0.311 e. The molecule has 0 unspecified atom stereocenters. The molecule has 13 aromatic carbocycles. The van der Waals surface area contributed by atoms with Gasteiger partial charge >= 0.3 is 0 Å². The monoisotopic (exact) mass is 1170 g/mol. The third-order valence-corrected chi connectivity index (χ3v) is 18.5. The van der Waals surface area contributed by atoms with Gasteiger partial charge in [-0.1, -0.05) is 242 Å². The van der Waals surface area contributed by atoms with Crippen molar-refractivity contribution < 1.29 is 6.85 Å². The molecule has 0 saturated carbocycles. The van der Waals surface area contributed by atoms with E-state index in [9.17, 15) is 2.74 Å². The zero-order chi connectivity index (χ0) is 65.9. The lowest BCUT2D eigenvalue weighted by molar-refractivity contribution is 0.590. The molecule has 5 heteroatoms. The smallest absolute Gasteiger partial charge is 0.252 e. The van der Waals surface area contributed by atoms with Gasteiger partial charge in [-0.3, -0.25) is 0 Å². The van der Waals surface area contributed by atoms with Crippen molar-refractivity contribution >= 4 is 96.1 Å². The minimum absolute atomic E-state index is 0.151. The van der Waals surface area contributed by atoms with Crippen LogP contribution in [0.3, 0.4) is 0 Å². The maximum Gasteiger partial charge on any atom is 0.252 e. The van der Waals surface area contributed by atoms with E-state index in [0.29, 0.717) is 5.56 Å². The van der Waals surface area contributed by atoms with Gasteiger partial charge in [-0.2, -0.15) is 0 Å². The fourth-order valence-electron chi connectivity index (χ4n) is 14.0. The molecule has 0 bridgehead atoms. The van der Waals surface area contributed by atoms with Crippen molar-refractivity contribution in [2.45, 2.75) is 52.4 Å². The van der Waals surface area contributed by atoms with Gasteiger partial charge in [-0.15, -0.1) is 0 Å². The Balaban J connectivity index is 0.996. The van der Waals surface area contributed by atoms with Crippen LogP contribution in [0, 0.1) is 0 Å². The number of fused-ring (bicyclic) bond motifs is 7. The second-order valence-corrected chi connectivity index (χ2v) is 26.2. The van der Waals surface area contributed by atoms with Gasteiger partial charge in [-0.25, -0.2) is 0 Å². The molecule has 0 radical (unpaired) electrons. The molecule has 91 heavy (non-hydrogen) atoms.